The number of amides is 2. The van der Waals surface area contributed by atoms with Crippen molar-refractivity contribution in [2.24, 2.45) is 0 Å². The molecule has 0 bridgehead atoms. The maximum atomic E-state index is 13.7. The number of piperazine rings is 1. The lowest BCUT2D eigenvalue weighted by Crippen LogP contribution is -2.50. The maximum absolute atomic E-state index is 13.7. The van der Waals surface area contributed by atoms with Crippen LogP contribution in [0.2, 0.25) is 0 Å². The van der Waals surface area contributed by atoms with Gasteiger partial charge in [0.2, 0.25) is 0 Å². The second-order valence-corrected chi connectivity index (χ2v) is 6.36. The van der Waals surface area contributed by atoms with Crippen LogP contribution in [0.5, 0.6) is 0 Å². The summed E-state index contributed by atoms with van der Waals surface area (Å²) >= 11 is 0. The van der Waals surface area contributed by atoms with Gasteiger partial charge in [-0.1, -0.05) is 12.1 Å². The minimum atomic E-state index is -1.61. The van der Waals surface area contributed by atoms with Crippen LogP contribution < -0.4 is 5.32 Å². The molecule has 0 spiro atoms. The van der Waals surface area contributed by atoms with Crippen molar-refractivity contribution in [2.45, 2.75) is 6.42 Å². The normalized spacial score (nSPS) is 15.0. The molecule has 1 fully saturated rings. The van der Waals surface area contributed by atoms with Crippen LogP contribution in [-0.2, 0) is 6.42 Å². The monoisotopic (exact) mass is 381 g/mol. The zero-order valence-electron chi connectivity index (χ0n) is 14.5. The molecule has 0 aliphatic carbocycles. The minimum absolute atomic E-state index is 0.268. The van der Waals surface area contributed by atoms with Crippen molar-refractivity contribution < 1.29 is 22.4 Å². The van der Waals surface area contributed by atoms with Crippen molar-refractivity contribution in [3.63, 3.8) is 0 Å². The maximum Gasteiger partial charge on any atom is 0.322 e. The topological polar surface area (TPSA) is 35.6 Å². The molecular weight excluding hydrogens is 362 g/mol. The summed E-state index contributed by atoms with van der Waals surface area (Å²) in [5.74, 6) is -4.60. The summed E-state index contributed by atoms with van der Waals surface area (Å²) in [4.78, 5) is 15.9. The lowest BCUT2D eigenvalue weighted by molar-refractivity contribution is 0.148. The molecule has 0 aromatic heterocycles. The van der Waals surface area contributed by atoms with Crippen LogP contribution in [0, 0.1) is 23.3 Å². The molecule has 27 heavy (non-hydrogen) atoms. The first-order chi connectivity index (χ1) is 12.9. The van der Waals surface area contributed by atoms with E-state index in [1.54, 1.807) is 12.1 Å². The predicted molar refractivity (Wildman–Crippen MR) is 93.5 cm³/mol. The Morgan fingerprint density at radius 3 is 2.22 bits per heavy atom. The van der Waals surface area contributed by atoms with Crippen LogP contribution in [0.15, 0.2) is 36.4 Å². The number of carbonyl (C=O) groups excluding carboxylic acids is 1. The predicted octanol–water partition coefficient (Wildman–Crippen LogP) is 3.64. The van der Waals surface area contributed by atoms with Gasteiger partial charge in [-0.2, -0.15) is 0 Å². The third kappa shape index (κ3) is 4.77. The SMILES string of the molecule is O=C(Nc1ccc(F)c(F)c1F)N1CCN(CCc2ccc(F)cc2)CC1. The lowest BCUT2D eigenvalue weighted by atomic mass is 10.1. The van der Waals surface area contributed by atoms with Crippen molar-refractivity contribution in [2.75, 3.05) is 38.0 Å². The van der Waals surface area contributed by atoms with Gasteiger partial charge in [0, 0.05) is 32.7 Å². The molecule has 1 heterocycles. The molecule has 0 unspecified atom stereocenters. The zero-order valence-corrected chi connectivity index (χ0v) is 14.5. The van der Waals surface area contributed by atoms with Crippen molar-refractivity contribution in [3.05, 3.63) is 65.2 Å². The average Bonchev–Trinajstić information content (AvgIpc) is 2.68. The molecule has 2 amide bonds. The summed E-state index contributed by atoms with van der Waals surface area (Å²) < 4.78 is 52.8. The Bertz CT molecular complexity index is 805. The Morgan fingerprint density at radius 2 is 1.56 bits per heavy atom. The number of anilines is 1. The molecule has 2 aromatic rings. The molecule has 1 aliphatic rings. The number of hydrogen-bond donors (Lipinski definition) is 1. The van der Waals surface area contributed by atoms with E-state index < -0.39 is 29.2 Å². The van der Waals surface area contributed by atoms with Crippen LogP contribution in [-0.4, -0.2) is 48.6 Å². The summed E-state index contributed by atoms with van der Waals surface area (Å²) in [6.45, 7) is 2.91. The largest absolute Gasteiger partial charge is 0.322 e. The Kier molecular flexibility index (Phi) is 5.95. The molecule has 4 nitrogen and oxygen atoms in total. The highest BCUT2D eigenvalue weighted by molar-refractivity contribution is 5.89. The summed E-state index contributed by atoms with van der Waals surface area (Å²) in [5, 5.41) is 2.28. The highest BCUT2D eigenvalue weighted by Gasteiger charge is 2.23. The van der Waals surface area contributed by atoms with Gasteiger partial charge in [0.25, 0.3) is 0 Å². The third-order valence-electron chi connectivity index (χ3n) is 4.57. The smallest absolute Gasteiger partial charge is 0.322 e. The van der Waals surface area contributed by atoms with Crippen LogP contribution in [0.1, 0.15) is 5.56 Å². The lowest BCUT2D eigenvalue weighted by Gasteiger charge is -2.34. The van der Waals surface area contributed by atoms with Crippen molar-refractivity contribution in [3.8, 4) is 0 Å². The van der Waals surface area contributed by atoms with Gasteiger partial charge in [0.05, 0.1) is 5.69 Å². The number of rotatable bonds is 4. The fourth-order valence-corrected chi connectivity index (χ4v) is 2.93. The van der Waals surface area contributed by atoms with E-state index in [2.05, 4.69) is 10.2 Å². The number of nitrogens with zero attached hydrogens (tertiary/aromatic N) is 2. The molecule has 1 aliphatic heterocycles. The molecule has 0 atom stereocenters. The molecule has 0 saturated carbocycles. The van der Waals surface area contributed by atoms with E-state index in [4.69, 9.17) is 0 Å². The van der Waals surface area contributed by atoms with Gasteiger partial charge in [-0.3, -0.25) is 4.90 Å². The molecule has 1 N–H and O–H groups in total. The van der Waals surface area contributed by atoms with Crippen molar-refractivity contribution in [1.29, 1.82) is 0 Å². The van der Waals surface area contributed by atoms with Crippen molar-refractivity contribution >= 4 is 11.7 Å². The van der Waals surface area contributed by atoms with Gasteiger partial charge in [-0.05, 0) is 36.2 Å². The summed E-state index contributed by atoms with van der Waals surface area (Å²) in [6.07, 6.45) is 0.770. The van der Waals surface area contributed by atoms with E-state index in [1.165, 1.54) is 17.0 Å². The van der Waals surface area contributed by atoms with Crippen LogP contribution in [0.4, 0.5) is 28.0 Å². The fourth-order valence-electron chi connectivity index (χ4n) is 2.93. The van der Waals surface area contributed by atoms with Gasteiger partial charge in [0.15, 0.2) is 17.5 Å². The highest BCUT2D eigenvalue weighted by Crippen LogP contribution is 2.20. The Morgan fingerprint density at radius 1 is 0.889 bits per heavy atom. The molecule has 2 aromatic carbocycles. The molecule has 144 valence electrons. The van der Waals surface area contributed by atoms with E-state index in [0.29, 0.717) is 26.2 Å². The minimum Gasteiger partial charge on any atom is -0.322 e. The van der Waals surface area contributed by atoms with E-state index in [0.717, 1.165) is 30.7 Å². The number of carbonyl (C=O) groups is 1. The van der Waals surface area contributed by atoms with Gasteiger partial charge in [-0.15, -0.1) is 0 Å². The number of benzene rings is 2. The van der Waals surface area contributed by atoms with Gasteiger partial charge < -0.3 is 10.2 Å². The Labute approximate surface area is 154 Å². The first-order valence-electron chi connectivity index (χ1n) is 8.60. The molecule has 0 radical (unpaired) electrons. The number of nitrogens with one attached hydrogen (secondary N) is 1. The van der Waals surface area contributed by atoms with Crippen LogP contribution in [0.3, 0.4) is 0 Å². The first-order valence-corrected chi connectivity index (χ1v) is 8.60. The molecular formula is C19H19F4N3O. The van der Waals surface area contributed by atoms with E-state index >= 15 is 0 Å². The highest BCUT2D eigenvalue weighted by atomic mass is 19.2. The summed E-state index contributed by atoms with van der Waals surface area (Å²) in [5.41, 5.74) is 0.642. The van der Waals surface area contributed by atoms with E-state index in [1.807, 2.05) is 0 Å². The molecule has 3 rings (SSSR count). The number of urea groups is 1. The molecule has 8 heteroatoms. The van der Waals surface area contributed by atoms with E-state index in [-0.39, 0.29) is 5.82 Å². The summed E-state index contributed by atoms with van der Waals surface area (Å²) in [7, 11) is 0. The van der Waals surface area contributed by atoms with Gasteiger partial charge in [0.1, 0.15) is 5.82 Å². The van der Waals surface area contributed by atoms with E-state index in [9.17, 15) is 22.4 Å². The quantitative estimate of drug-likeness (QED) is 0.649. The number of halogens is 4. The third-order valence-corrected chi connectivity index (χ3v) is 4.57. The molecule has 1 saturated heterocycles. The fraction of sp³-hybridized carbons (Fsp3) is 0.316. The Hall–Kier alpha value is -2.61. The zero-order chi connectivity index (χ0) is 19.4. The second kappa shape index (κ2) is 8.39. The average molecular weight is 381 g/mol. The van der Waals surface area contributed by atoms with Crippen LogP contribution in [0.25, 0.3) is 0 Å². The standard InChI is InChI=1S/C19H19F4N3O/c20-14-3-1-13(2-4-14)7-8-25-9-11-26(12-10-25)19(27)24-16-6-5-15(21)17(22)18(16)23/h1-6H,7-12H2,(H,24,27). The van der Waals surface area contributed by atoms with Crippen LogP contribution >= 0.6 is 0 Å². The number of hydrogen-bond acceptors (Lipinski definition) is 2. The summed E-state index contributed by atoms with van der Waals surface area (Å²) in [6, 6.07) is 7.54. The Balaban J connectivity index is 1.48. The van der Waals surface area contributed by atoms with Crippen molar-refractivity contribution in [1.82, 2.24) is 9.80 Å². The first kappa shape index (κ1) is 19.2. The van der Waals surface area contributed by atoms with Gasteiger partial charge >= 0.3 is 6.03 Å². The second-order valence-electron chi connectivity index (χ2n) is 6.36. The van der Waals surface area contributed by atoms with Gasteiger partial charge in [-0.25, -0.2) is 22.4 Å².